The van der Waals surface area contributed by atoms with E-state index >= 15 is 0 Å². The lowest BCUT2D eigenvalue weighted by atomic mass is 10.1. The molecule has 0 spiro atoms. The Hall–Kier alpha value is -1.30. The molecule has 1 aromatic carbocycles. The van der Waals surface area contributed by atoms with E-state index in [1.165, 1.54) is 0 Å². The molecular weight excluding hydrogens is 318 g/mol. The van der Waals surface area contributed by atoms with E-state index in [0.29, 0.717) is 16.6 Å². The zero-order valence-corrected chi connectivity index (χ0v) is 16.7. The molecule has 3 heteroatoms. The van der Waals surface area contributed by atoms with Gasteiger partial charge in [0.2, 0.25) is 0 Å². The van der Waals surface area contributed by atoms with E-state index in [-0.39, 0.29) is 0 Å². The normalized spacial score (nSPS) is 12.1. The first-order chi connectivity index (χ1) is 10.8. The first-order valence-electron chi connectivity index (χ1n) is 8.36. The Bertz CT molecular complexity index is 731. The number of pyridine rings is 1. The Morgan fingerprint density at radius 1 is 0.957 bits per heavy atom. The summed E-state index contributed by atoms with van der Waals surface area (Å²) >= 11 is 6.29. The molecule has 122 valence electrons. The molecular formula is C20H26ClNSi. The second-order valence-electron chi connectivity index (χ2n) is 7.17. The Kier molecular flexibility index (Phi) is 5.55. The van der Waals surface area contributed by atoms with Crippen molar-refractivity contribution < 1.29 is 0 Å². The van der Waals surface area contributed by atoms with Crippen molar-refractivity contribution in [3.63, 3.8) is 0 Å². The van der Waals surface area contributed by atoms with Crippen molar-refractivity contribution in [1.82, 2.24) is 4.98 Å². The number of nitrogens with zero attached hydrogens (tertiary/aromatic N) is 1. The summed E-state index contributed by atoms with van der Waals surface area (Å²) in [7, 11) is -1.70. The van der Waals surface area contributed by atoms with Gasteiger partial charge in [-0.3, -0.25) is 4.98 Å². The van der Waals surface area contributed by atoms with Gasteiger partial charge in [0.25, 0.3) is 0 Å². The third-order valence-corrected chi connectivity index (χ3v) is 11.6. The van der Waals surface area contributed by atoms with Crippen LogP contribution in [0.3, 0.4) is 0 Å². The molecule has 0 bridgehead atoms. The van der Waals surface area contributed by atoms with E-state index < -0.39 is 8.07 Å². The van der Waals surface area contributed by atoms with Crippen molar-refractivity contribution in [2.75, 3.05) is 0 Å². The van der Waals surface area contributed by atoms with Crippen LogP contribution in [-0.2, 0) is 0 Å². The predicted molar refractivity (Wildman–Crippen MR) is 105 cm³/mol. The summed E-state index contributed by atoms with van der Waals surface area (Å²) in [6, 6.07) is 7.96. The second-order valence-corrected chi connectivity index (χ2v) is 13.2. The molecule has 0 amide bonds. The first-order valence-corrected chi connectivity index (χ1v) is 11.0. The van der Waals surface area contributed by atoms with Crippen molar-refractivity contribution in [2.45, 2.75) is 58.2 Å². The molecule has 0 radical (unpaired) electrons. The van der Waals surface area contributed by atoms with Crippen molar-refractivity contribution >= 4 is 30.6 Å². The molecule has 0 unspecified atom stereocenters. The summed E-state index contributed by atoms with van der Waals surface area (Å²) in [5.74, 6) is 3.47. The smallest absolute Gasteiger partial charge is 0.146 e. The maximum atomic E-state index is 6.29. The van der Waals surface area contributed by atoms with Crippen LogP contribution in [0.15, 0.2) is 30.5 Å². The predicted octanol–water partition coefficient (Wildman–Crippen LogP) is 6.46. The van der Waals surface area contributed by atoms with Gasteiger partial charge in [0, 0.05) is 17.1 Å². The van der Waals surface area contributed by atoms with Gasteiger partial charge in [-0.1, -0.05) is 59.1 Å². The molecule has 1 nitrogen and oxygen atoms in total. The van der Waals surface area contributed by atoms with Gasteiger partial charge in [0.1, 0.15) is 8.07 Å². The van der Waals surface area contributed by atoms with Crippen molar-refractivity contribution in [3.8, 4) is 11.5 Å². The molecule has 0 fully saturated rings. The highest BCUT2D eigenvalue weighted by molar-refractivity contribution is 6.90. The van der Waals surface area contributed by atoms with Crippen LogP contribution in [0.1, 0.15) is 47.1 Å². The molecule has 0 aliphatic rings. The summed E-state index contributed by atoms with van der Waals surface area (Å²) in [4.78, 5) is 4.35. The molecule has 0 saturated carbocycles. The highest BCUT2D eigenvalue weighted by atomic mass is 35.5. The largest absolute Gasteiger partial charge is 0.256 e. The Morgan fingerprint density at radius 2 is 1.57 bits per heavy atom. The van der Waals surface area contributed by atoms with Crippen LogP contribution in [0, 0.1) is 11.5 Å². The number of rotatable bonds is 3. The van der Waals surface area contributed by atoms with Crippen LogP contribution < -0.4 is 0 Å². The topological polar surface area (TPSA) is 12.9 Å². The van der Waals surface area contributed by atoms with Gasteiger partial charge in [0.15, 0.2) is 0 Å². The quantitative estimate of drug-likeness (QED) is 0.460. The lowest BCUT2D eigenvalue weighted by Crippen LogP contribution is -2.43. The summed E-state index contributed by atoms with van der Waals surface area (Å²) in [5, 5.41) is 1.71. The number of fused-ring (bicyclic) bond motifs is 1. The third-order valence-electron chi connectivity index (χ3n) is 4.98. The van der Waals surface area contributed by atoms with E-state index in [0.717, 1.165) is 21.5 Å². The average Bonchev–Trinajstić information content (AvgIpc) is 2.47. The molecule has 0 aliphatic heterocycles. The van der Waals surface area contributed by atoms with E-state index in [9.17, 15) is 0 Å². The Balaban J connectivity index is 2.53. The molecule has 0 saturated heterocycles. The highest BCUT2D eigenvalue weighted by Gasteiger charge is 2.41. The van der Waals surface area contributed by atoms with Gasteiger partial charge in [-0.15, -0.1) is 5.54 Å². The van der Waals surface area contributed by atoms with Gasteiger partial charge >= 0.3 is 0 Å². The fraction of sp³-hybridized carbons (Fsp3) is 0.450. The van der Waals surface area contributed by atoms with Gasteiger partial charge < -0.3 is 0 Å². The molecule has 23 heavy (non-hydrogen) atoms. The van der Waals surface area contributed by atoms with E-state index in [2.05, 4.69) is 70.1 Å². The zero-order chi connectivity index (χ0) is 17.2. The minimum absolute atomic E-state index is 0.640. The van der Waals surface area contributed by atoms with Crippen LogP contribution >= 0.6 is 11.6 Å². The van der Waals surface area contributed by atoms with Crippen LogP contribution in [0.5, 0.6) is 0 Å². The lowest BCUT2D eigenvalue weighted by molar-refractivity contribution is 0.838. The van der Waals surface area contributed by atoms with Crippen molar-refractivity contribution in [2.24, 2.45) is 0 Å². The fourth-order valence-corrected chi connectivity index (χ4v) is 9.24. The van der Waals surface area contributed by atoms with Gasteiger partial charge in [-0.25, -0.2) is 0 Å². The minimum atomic E-state index is -1.70. The Morgan fingerprint density at radius 3 is 2.13 bits per heavy atom. The number of halogens is 1. The average molecular weight is 344 g/mol. The summed E-state index contributed by atoms with van der Waals surface area (Å²) in [6.07, 6.45) is 1.74. The molecule has 0 atom stereocenters. The van der Waals surface area contributed by atoms with Crippen LogP contribution in [0.2, 0.25) is 21.6 Å². The maximum Gasteiger partial charge on any atom is 0.146 e. The van der Waals surface area contributed by atoms with E-state index in [1.54, 1.807) is 6.20 Å². The number of benzene rings is 1. The fourth-order valence-electron chi connectivity index (χ4n) is 3.80. The highest BCUT2D eigenvalue weighted by Crippen LogP contribution is 2.40. The van der Waals surface area contributed by atoms with Gasteiger partial charge in [-0.05, 0) is 40.9 Å². The van der Waals surface area contributed by atoms with E-state index in [1.807, 2.05) is 12.1 Å². The first kappa shape index (κ1) is 18.0. The number of hydrogen-bond acceptors (Lipinski definition) is 1. The van der Waals surface area contributed by atoms with Gasteiger partial charge in [0.05, 0.1) is 10.5 Å². The summed E-state index contributed by atoms with van der Waals surface area (Å²) < 4.78 is 0. The zero-order valence-electron chi connectivity index (χ0n) is 14.9. The maximum absolute atomic E-state index is 6.29. The molecule has 0 aliphatic carbocycles. The number of aromatic nitrogens is 1. The lowest BCUT2D eigenvalue weighted by Gasteiger charge is -2.38. The van der Waals surface area contributed by atoms with Crippen molar-refractivity contribution in [1.29, 1.82) is 0 Å². The van der Waals surface area contributed by atoms with Gasteiger partial charge in [-0.2, -0.15) is 0 Å². The Labute approximate surface area is 146 Å². The van der Waals surface area contributed by atoms with Crippen molar-refractivity contribution in [3.05, 3.63) is 41.0 Å². The molecule has 2 aromatic rings. The minimum Gasteiger partial charge on any atom is -0.256 e. The summed E-state index contributed by atoms with van der Waals surface area (Å²) in [6.45, 7) is 14.0. The van der Waals surface area contributed by atoms with Crippen LogP contribution in [-0.4, -0.2) is 13.1 Å². The second kappa shape index (κ2) is 7.07. The summed E-state index contributed by atoms with van der Waals surface area (Å²) in [5.41, 5.74) is 7.63. The van der Waals surface area contributed by atoms with Crippen LogP contribution in [0.4, 0.5) is 0 Å². The number of hydrogen-bond donors (Lipinski definition) is 0. The SMILES string of the molecule is CC(C)[Si](C#Cc1ccc2nccc(Cl)c2c1)(C(C)C)C(C)C. The monoisotopic (exact) mass is 343 g/mol. The molecule has 1 aromatic heterocycles. The molecule has 0 N–H and O–H groups in total. The van der Waals surface area contributed by atoms with Crippen LogP contribution in [0.25, 0.3) is 10.9 Å². The molecule has 1 heterocycles. The molecule has 2 rings (SSSR count). The standard InChI is InChI=1S/C20H26ClNSi/c1-14(2)23(15(3)4,16(5)6)12-10-17-7-8-20-18(13-17)19(21)9-11-22-20/h7-9,11,13-16H,1-6H3. The van der Waals surface area contributed by atoms with E-state index in [4.69, 9.17) is 11.6 Å². The third kappa shape index (κ3) is 3.46.